The van der Waals surface area contributed by atoms with E-state index in [-0.39, 0.29) is 22.6 Å². The molecule has 2 aromatic carbocycles. The molecule has 0 radical (unpaired) electrons. The van der Waals surface area contributed by atoms with Gasteiger partial charge in [0.05, 0.1) is 16.8 Å². The van der Waals surface area contributed by atoms with Crippen LogP contribution in [0.4, 0.5) is 5.82 Å². The minimum atomic E-state index is -0.659. The molecule has 27 heavy (non-hydrogen) atoms. The number of carbonyl (C=O) groups is 2. The Bertz CT molecular complexity index is 1160. The van der Waals surface area contributed by atoms with Gasteiger partial charge in [-0.2, -0.15) is 0 Å². The van der Waals surface area contributed by atoms with Crippen LogP contribution in [0, 0.1) is 0 Å². The molecule has 0 bridgehead atoms. The maximum Gasteiger partial charge on any atom is 0.262 e. The van der Waals surface area contributed by atoms with Crippen molar-refractivity contribution >= 4 is 29.2 Å². The van der Waals surface area contributed by atoms with Crippen LogP contribution in [0.15, 0.2) is 59.4 Å². The van der Waals surface area contributed by atoms with E-state index in [2.05, 4.69) is 5.32 Å². The van der Waals surface area contributed by atoms with E-state index in [1.165, 1.54) is 6.07 Å². The molecule has 2 amide bonds. The van der Waals surface area contributed by atoms with Gasteiger partial charge in [-0.1, -0.05) is 29.8 Å². The van der Waals surface area contributed by atoms with Crippen molar-refractivity contribution in [3.63, 3.8) is 0 Å². The molecular weight excluding hydrogens is 370 g/mol. The van der Waals surface area contributed by atoms with Crippen molar-refractivity contribution in [1.82, 2.24) is 9.88 Å². The minimum absolute atomic E-state index is 0.0497. The number of amides is 2. The Morgan fingerprint density at radius 3 is 2.44 bits per heavy atom. The Hall–Kier alpha value is -3.58. The molecule has 0 fully saturated rings. The van der Waals surface area contributed by atoms with Crippen LogP contribution in [0.2, 0.25) is 5.02 Å². The van der Waals surface area contributed by atoms with Crippen LogP contribution in [0.1, 0.15) is 20.7 Å². The fraction of sp³-hybridized carbons (Fsp3) is 0. The van der Waals surface area contributed by atoms with Gasteiger partial charge in [-0.3, -0.25) is 24.3 Å². The number of carbonyl (C=O) groups excluding carboxylic acids is 2. The number of benzene rings is 2. The fourth-order valence-electron chi connectivity index (χ4n) is 2.89. The van der Waals surface area contributed by atoms with Crippen molar-refractivity contribution in [1.29, 1.82) is 0 Å². The second-order valence-corrected chi connectivity index (χ2v) is 6.24. The van der Waals surface area contributed by atoms with E-state index in [0.29, 0.717) is 16.5 Å². The van der Waals surface area contributed by atoms with Gasteiger partial charge in [0.1, 0.15) is 11.6 Å². The van der Waals surface area contributed by atoms with Crippen LogP contribution in [-0.2, 0) is 0 Å². The molecule has 7 nitrogen and oxygen atoms in total. The molecule has 4 rings (SSSR count). The highest BCUT2D eigenvalue weighted by atomic mass is 35.5. The summed E-state index contributed by atoms with van der Waals surface area (Å²) in [6, 6.07) is 14.7. The molecule has 1 aliphatic rings. The number of nitrogens with two attached hydrogens (primary N) is 1. The lowest BCUT2D eigenvalue weighted by atomic mass is 10.1. The Labute approximate surface area is 157 Å². The molecule has 0 spiro atoms. The number of nitrogens with one attached hydrogen (secondary N) is 1. The predicted octanol–water partition coefficient (Wildman–Crippen LogP) is 2.75. The Morgan fingerprint density at radius 1 is 0.963 bits per heavy atom. The number of rotatable bonds is 3. The van der Waals surface area contributed by atoms with E-state index < -0.39 is 17.4 Å². The highest BCUT2D eigenvalue weighted by molar-refractivity contribution is 6.30. The average Bonchev–Trinajstić information content (AvgIpc) is 2.92. The molecule has 0 aliphatic carbocycles. The van der Waals surface area contributed by atoms with E-state index in [0.717, 1.165) is 10.6 Å². The number of nitrogens with zero attached hydrogens (tertiary/aromatic N) is 1. The molecule has 2 heterocycles. The maximum absolute atomic E-state index is 12.7. The quantitative estimate of drug-likeness (QED) is 0.679. The first-order valence-corrected chi connectivity index (χ1v) is 8.27. The Kier molecular flexibility index (Phi) is 3.93. The van der Waals surface area contributed by atoms with Gasteiger partial charge in [0.25, 0.3) is 17.4 Å². The van der Waals surface area contributed by atoms with Gasteiger partial charge in [-0.15, -0.1) is 0 Å². The first-order valence-electron chi connectivity index (χ1n) is 7.90. The van der Waals surface area contributed by atoms with Gasteiger partial charge in [0.15, 0.2) is 5.75 Å². The number of ether oxygens (including phenoxy) is 1. The van der Waals surface area contributed by atoms with Crippen LogP contribution in [0.3, 0.4) is 0 Å². The van der Waals surface area contributed by atoms with E-state index in [9.17, 15) is 14.4 Å². The van der Waals surface area contributed by atoms with Crippen molar-refractivity contribution in [2.24, 2.45) is 0 Å². The van der Waals surface area contributed by atoms with Crippen molar-refractivity contribution in [2.75, 3.05) is 5.73 Å². The molecule has 134 valence electrons. The number of anilines is 1. The van der Waals surface area contributed by atoms with Gasteiger partial charge < -0.3 is 10.5 Å². The van der Waals surface area contributed by atoms with Gasteiger partial charge in [-0.25, -0.2) is 0 Å². The third-order valence-corrected chi connectivity index (χ3v) is 4.32. The van der Waals surface area contributed by atoms with E-state index in [4.69, 9.17) is 22.1 Å². The topological polar surface area (TPSA) is 103 Å². The summed E-state index contributed by atoms with van der Waals surface area (Å²) in [6.45, 7) is 0. The fourth-order valence-corrected chi connectivity index (χ4v) is 3.06. The van der Waals surface area contributed by atoms with Crippen LogP contribution in [0.25, 0.3) is 5.69 Å². The standard InChI is InChI=1S/C19H12ClN3O4/c20-10-6-7-14(27-11-4-2-1-3-5-11)13(8-10)23-15(24)9-12-16(17(23)21)19(26)22-18(12)25/h1-9H,21H2,(H,22,25,26). The number of pyridine rings is 1. The monoisotopic (exact) mass is 381 g/mol. The van der Waals surface area contributed by atoms with E-state index >= 15 is 0 Å². The van der Waals surface area contributed by atoms with Gasteiger partial charge in [0.2, 0.25) is 0 Å². The predicted molar refractivity (Wildman–Crippen MR) is 99.8 cm³/mol. The minimum Gasteiger partial charge on any atom is -0.455 e. The zero-order chi connectivity index (χ0) is 19.1. The zero-order valence-corrected chi connectivity index (χ0v) is 14.5. The third kappa shape index (κ3) is 2.84. The number of hydrogen-bond acceptors (Lipinski definition) is 5. The highest BCUT2D eigenvalue weighted by Gasteiger charge is 2.32. The largest absolute Gasteiger partial charge is 0.455 e. The number of hydrogen-bond donors (Lipinski definition) is 2. The zero-order valence-electron chi connectivity index (χ0n) is 13.7. The summed E-state index contributed by atoms with van der Waals surface area (Å²) in [5.74, 6) is -0.626. The summed E-state index contributed by atoms with van der Waals surface area (Å²) in [7, 11) is 0. The molecule has 0 atom stereocenters. The van der Waals surface area contributed by atoms with Crippen molar-refractivity contribution in [3.8, 4) is 17.2 Å². The van der Waals surface area contributed by atoms with Crippen molar-refractivity contribution < 1.29 is 14.3 Å². The second kappa shape index (κ2) is 6.30. The van der Waals surface area contributed by atoms with Gasteiger partial charge in [-0.05, 0) is 30.3 Å². The molecule has 0 unspecified atom stereocenters. The first kappa shape index (κ1) is 16.9. The highest BCUT2D eigenvalue weighted by Crippen LogP contribution is 2.32. The molecule has 1 aliphatic heterocycles. The normalized spacial score (nSPS) is 12.6. The Morgan fingerprint density at radius 2 is 1.70 bits per heavy atom. The van der Waals surface area contributed by atoms with Gasteiger partial charge in [0, 0.05) is 11.1 Å². The number of fused-ring (bicyclic) bond motifs is 1. The molecule has 0 saturated carbocycles. The smallest absolute Gasteiger partial charge is 0.262 e. The Balaban J connectivity index is 1.94. The summed E-state index contributed by atoms with van der Waals surface area (Å²) in [5.41, 5.74) is 5.65. The van der Waals surface area contributed by atoms with Crippen molar-refractivity contribution in [3.05, 3.63) is 81.1 Å². The SMILES string of the molecule is Nc1c2c(cc(=O)n1-c1cc(Cl)ccc1Oc1ccccc1)C(=O)NC2=O. The summed E-state index contributed by atoms with van der Waals surface area (Å²) in [6.07, 6.45) is 0. The first-order chi connectivity index (χ1) is 13.0. The van der Waals surface area contributed by atoms with Crippen LogP contribution >= 0.6 is 11.6 Å². The number of halogens is 1. The number of aromatic nitrogens is 1. The van der Waals surface area contributed by atoms with Crippen molar-refractivity contribution in [2.45, 2.75) is 0 Å². The molecule has 3 N–H and O–H groups in total. The number of nitrogen functional groups attached to an aromatic ring is 1. The second-order valence-electron chi connectivity index (χ2n) is 5.80. The molecule has 0 saturated heterocycles. The average molecular weight is 382 g/mol. The summed E-state index contributed by atoms with van der Waals surface area (Å²) in [4.78, 5) is 36.5. The molecule has 1 aromatic heterocycles. The molecule has 3 aromatic rings. The number of imide groups is 1. The summed E-state index contributed by atoms with van der Waals surface area (Å²) < 4.78 is 6.95. The molecule has 8 heteroatoms. The van der Waals surface area contributed by atoms with Crippen LogP contribution < -0.4 is 21.3 Å². The lowest BCUT2D eigenvalue weighted by Crippen LogP contribution is -2.24. The third-order valence-electron chi connectivity index (χ3n) is 4.09. The van der Waals surface area contributed by atoms with E-state index in [1.807, 2.05) is 6.07 Å². The summed E-state index contributed by atoms with van der Waals surface area (Å²) in [5, 5.41) is 2.47. The summed E-state index contributed by atoms with van der Waals surface area (Å²) >= 11 is 6.10. The maximum atomic E-state index is 12.7. The van der Waals surface area contributed by atoms with Gasteiger partial charge >= 0.3 is 0 Å². The lowest BCUT2D eigenvalue weighted by Gasteiger charge is -2.16. The lowest BCUT2D eigenvalue weighted by molar-refractivity contribution is 0.0880. The molecular formula is C19H12ClN3O4. The number of para-hydroxylation sites is 1. The van der Waals surface area contributed by atoms with Crippen LogP contribution in [0.5, 0.6) is 11.5 Å². The van der Waals surface area contributed by atoms with E-state index in [1.54, 1.807) is 36.4 Å². The van der Waals surface area contributed by atoms with Crippen LogP contribution in [-0.4, -0.2) is 16.4 Å².